The summed E-state index contributed by atoms with van der Waals surface area (Å²) in [6, 6.07) is 5.28. The molecule has 1 atom stereocenters. The molecule has 1 fully saturated rings. The summed E-state index contributed by atoms with van der Waals surface area (Å²) in [4.78, 5) is 14.1. The van der Waals surface area contributed by atoms with Crippen LogP contribution in [0.25, 0.3) is 0 Å². The summed E-state index contributed by atoms with van der Waals surface area (Å²) < 4.78 is 4.97. The van der Waals surface area contributed by atoms with Crippen molar-refractivity contribution in [3.63, 3.8) is 0 Å². The summed E-state index contributed by atoms with van der Waals surface area (Å²) in [6.07, 6.45) is 1.22. The van der Waals surface area contributed by atoms with Crippen molar-refractivity contribution in [2.24, 2.45) is 5.92 Å². The van der Waals surface area contributed by atoms with Crippen LogP contribution in [0.2, 0.25) is 0 Å². The van der Waals surface area contributed by atoms with Gasteiger partial charge in [-0.3, -0.25) is 0 Å². The summed E-state index contributed by atoms with van der Waals surface area (Å²) in [5, 5.41) is 3.39. The Hall–Kier alpha value is -1.75. The average Bonchev–Trinajstić information content (AvgIpc) is 2.94. The standard InChI is InChI=1S/C16H25N3O2/c1-3-19-8-7-12(11-19)10-18-15-6-5-13(9-14(15)17)16(20)21-4-2/h5-6,9,12,18H,3-4,7-8,10-11,17H2,1-2H3. The van der Waals surface area contributed by atoms with Gasteiger partial charge in [0.2, 0.25) is 0 Å². The fourth-order valence-corrected chi connectivity index (χ4v) is 2.69. The third kappa shape index (κ3) is 4.11. The minimum atomic E-state index is -0.329. The SMILES string of the molecule is CCOC(=O)c1ccc(NCC2CCN(CC)C2)c(N)c1. The molecule has 116 valence electrons. The zero-order valence-electron chi connectivity index (χ0n) is 12.9. The smallest absolute Gasteiger partial charge is 0.338 e. The lowest BCUT2D eigenvalue weighted by atomic mass is 10.1. The van der Waals surface area contributed by atoms with Gasteiger partial charge in [0.25, 0.3) is 0 Å². The number of rotatable bonds is 6. The number of esters is 1. The first kappa shape index (κ1) is 15.6. The van der Waals surface area contributed by atoms with E-state index in [1.807, 2.05) is 6.07 Å². The number of nitrogen functional groups attached to an aromatic ring is 1. The Labute approximate surface area is 126 Å². The van der Waals surface area contributed by atoms with Crippen molar-refractivity contribution in [2.45, 2.75) is 20.3 Å². The number of nitrogens with two attached hydrogens (primary N) is 1. The van der Waals surface area contributed by atoms with Crippen LogP contribution in [0.1, 0.15) is 30.6 Å². The van der Waals surface area contributed by atoms with E-state index >= 15 is 0 Å². The minimum Gasteiger partial charge on any atom is -0.462 e. The van der Waals surface area contributed by atoms with E-state index in [0.29, 0.717) is 23.8 Å². The third-order valence-corrected chi connectivity index (χ3v) is 3.96. The summed E-state index contributed by atoms with van der Waals surface area (Å²) in [7, 11) is 0. The summed E-state index contributed by atoms with van der Waals surface area (Å²) in [6.45, 7) is 8.71. The van der Waals surface area contributed by atoms with Gasteiger partial charge in [0.05, 0.1) is 23.5 Å². The quantitative estimate of drug-likeness (QED) is 0.621. The summed E-state index contributed by atoms with van der Waals surface area (Å²) in [5.41, 5.74) is 7.99. The van der Waals surface area contributed by atoms with Crippen LogP contribution in [-0.4, -0.2) is 43.7 Å². The van der Waals surface area contributed by atoms with Crippen molar-refractivity contribution < 1.29 is 9.53 Å². The molecule has 1 saturated heterocycles. The lowest BCUT2D eigenvalue weighted by molar-refractivity contribution is 0.0526. The van der Waals surface area contributed by atoms with E-state index in [4.69, 9.17) is 10.5 Å². The van der Waals surface area contributed by atoms with Gasteiger partial charge in [-0.05, 0) is 50.6 Å². The van der Waals surface area contributed by atoms with Crippen LogP contribution in [-0.2, 0) is 4.74 Å². The van der Waals surface area contributed by atoms with Crippen LogP contribution in [0.3, 0.4) is 0 Å². The van der Waals surface area contributed by atoms with Gasteiger partial charge in [-0.2, -0.15) is 0 Å². The normalized spacial score (nSPS) is 18.7. The number of hydrogen-bond acceptors (Lipinski definition) is 5. The predicted molar refractivity (Wildman–Crippen MR) is 85.5 cm³/mol. The number of carbonyl (C=O) groups is 1. The minimum absolute atomic E-state index is 0.329. The van der Waals surface area contributed by atoms with Crippen LogP contribution < -0.4 is 11.1 Å². The maximum Gasteiger partial charge on any atom is 0.338 e. The topological polar surface area (TPSA) is 67.6 Å². The molecule has 0 radical (unpaired) electrons. The second-order valence-electron chi connectivity index (χ2n) is 5.45. The zero-order valence-corrected chi connectivity index (χ0v) is 12.9. The molecule has 1 aromatic rings. The molecule has 1 heterocycles. The number of hydrogen-bond donors (Lipinski definition) is 2. The van der Waals surface area contributed by atoms with E-state index in [1.165, 1.54) is 13.0 Å². The van der Waals surface area contributed by atoms with Gasteiger partial charge < -0.3 is 20.7 Å². The fourth-order valence-electron chi connectivity index (χ4n) is 2.69. The number of nitrogens with one attached hydrogen (secondary N) is 1. The molecule has 0 aromatic heterocycles. The fraction of sp³-hybridized carbons (Fsp3) is 0.562. The van der Waals surface area contributed by atoms with Gasteiger partial charge in [0.1, 0.15) is 0 Å². The number of anilines is 2. The Morgan fingerprint density at radius 3 is 2.90 bits per heavy atom. The van der Waals surface area contributed by atoms with Gasteiger partial charge in [0.15, 0.2) is 0 Å². The van der Waals surface area contributed by atoms with Gasteiger partial charge >= 0.3 is 5.97 Å². The number of benzene rings is 1. The van der Waals surface area contributed by atoms with E-state index in [9.17, 15) is 4.79 Å². The van der Waals surface area contributed by atoms with Crippen molar-refractivity contribution in [1.29, 1.82) is 0 Å². The summed E-state index contributed by atoms with van der Waals surface area (Å²) >= 11 is 0. The molecule has 0 aliphatic carbocycles. The first-order chi connectivity index (χ1) is 10.1. The highest BCUT2D eigenvalue weighted by atomic mass is 16.5. The van der Waals surface area contributed by atoms with Crippen LogP contribution in [0.15, 0.2) is 18.2 Å². The van der Waals surface area contributed by atoms with Crippen LogP contribution in [0, 0.1) is 5.92 Å². The molecule has 21 heavy (non-hydrogen) atoms. The molecule has 0 saturated carbocycles. The molecule has 2 rings (SSSR count). The second kappa shape index (κ2) is 7.31. The van der Waals surface area contributed by atoms with Crippen molar-refractivity contribution in [2.75, 3.05) is 43.8 Å². The van der Waals surface area contributed by atoms with E-state index in [2.05, 4.69) is 17.1 Å². The third-order valence-electron chi connectivity index (χ3n) is 3.96. The van der Waals surface area contributed by atoms with Crippen LogP contribution in [0.4, 0.5) is 11.4 Å². The first-order valence-corrected chi connectivity index (χ1v) is 7.66. The van der Waals surface area contributed by atoms with E-state index in [1.54, 1.807) is 19.1 Å². The second-order valence-corrected chi connectivity index (χ2v) is 5.45. The summed E-state index contributed by atoms with van der Waals surface area (Å²) in [5.74, 6) is 0.333. The Morgan fingerprint density at radius 1 is 1.48 bits per heavy atom. The largest absolute Gasteiger partial charge is 0.462 e. The van der Waals surface area contributed by atoms with Crippen molar-refractivity contribution in [3.05, 3.63) is 23.8 Å². The zero-order chi connectivity index (χ0) is 15.2. The number of ether oxygens (including phenoxy) is 1. The highest BCUT2D eigenvalue weighted by Gasteiger charge is 2.20. The number of carbonyl (C=O) groups excluding carboxylic acids is 1. The molecule has 1 unspecified atom stereocenters. The van der Waals surface area contributed by atoms with Crippen molar-refractivity contribution in [1.82, 2.24) is 4.90 Å². The predicted octanol–water partition coefficient (Wildman–Crippen LogP) is 2.20. The maximum atomic E-state index is 11.6. The first-order valence-electron chi connectivity index (χ1n) is 7.66. The molecule has 0 bridgehead atoms. The Morgan fingerprint density at radius 2 is 2.29 bits per heavy atom. The van der Waals surface area contributed by atoms with Crippen molar-refractivity contribution in [3.8, 4) is 0 Å². The van der Waals surface area contributed by atoms with E-state index in [-0.39, 0.29) is 5.97 Å². The molecule has 0 amide bonds. The van der Waals surface area contributed by atoms with E-state index < -0.39 is 0 Å². The van der Waals surface area contributed by atoms with Crippen molar-refractivity contribution >= 4 is 17.3 Å². The number of nitrogens with zero attached hydrogens (tertiary/aromatic N) is 1. The van der Waals surface area contributed by atoms with Gasteiger partial charge in [-0.15, -0.1) is 0 Å². The van der Waals surface area contributed by atoms with Crippen LogP contribution >= 0.6 is 0 Å². The van der Waals surface area contributed by atoms with Gasteiger partial charge in [0, 0.05) is 13.1 Å². The van der Waals surface area contributed by atoms with E-state index in [0.717, 1.165) is 25.3 Å². The Bertz CT molecular complexity index is 490. The van der Waals surface area contributed by atoms with Crippen LogP contribution in [0.5, 0.6) is 0 Å². The number of likely N-dealkylation sites (tertiary alicyclic amines) is 1. The molecule has 0 spiro atoms. The highest BCUT2D eigenvalue weighted by Crippen LogP contribution is 2.22. The molecule has 5 heteroatoms. The molecule has 1 aliphatic heterocycles. The molecule has 1 aliphatic rings. The molecule has 3 N–H and O–H groups in total. The molecular formula is C16H25N3O2. The molecular weight excluding hydrogens is 266 g/mol. The average molecular weight is 291 g/mol. The molecule has 1 aromatic carbocycles. The molecule has 5 nitrogen and oxygen atoms in total. The Kier molecular flexibility index (Phi) is 5.44. The van der Waals surface area contributed by atoms with Gasteiger partial charge in [-0.25, -0.2) is 4.79 Å². The highest BCUT2D eigenvalue weighted by molar-refractivity contribution is 5.91. The lowest BCUT2D eigenvalue weighted by Crippen LogP contribution is -2.22. The maximum absolute atomic E-state index is 11.6. The monoisotopic (exact) mass is 291 g/mol. The Balaban J connectivity index is 1.91. The van der Waals surface area contributed by atoms with Gasteiger partial charge in [-0.1, -0.05) is 6.92 Å². The lowest BCUT2D eigenvalue weighted by Gasteiger charge is -2.15.